The Kier molecular flexibility index (Phi) is 3.43. The van der Waals surface area contributed by atoms with Crippen LogP contribution in [0.3, 0.4) is 0 Å². The Morgan fingerprint density at radius 3 is 2.88 bits per heavy atom. The minimum Gasteiger partial charge on any atom is -0.330 e. The van der Waals surface area contributed by atoms with E-state index in [1.807, 2.05) is 0 Å². The van der Waals surface area contributed by atoms with Crippen LogP contribution in [0.15, 0.2) is 24.4 Å². The summed E-state index contributed by atoms with van der Waals surface area (Å²) in [5.74, 6) is -1.83. The first kappa shape index (κ1) is 11.7. The van der Waals surface area contributed by atoms with Crippen LogP contribution in [0, 0.1) is 11.6 Å². The minimum atomic E-state index is -0.928. The van der Waals surface area contributed by atoms with E-state index in [0.29, 0.717) is 18.7 Å². The molecule has 1 aromatic carbocycles. The first-order valence-corrected chi connectivity index (χ1v) is 5.28. The van der Waals surface area contributed by atoms with Crippen LogP contribution in [0.25, 0.3) is 5.69 Å². The Labute approximate surface area is 97.0 Å². The van der Waals surface area contributed by atoms with Crippen LogP contribution < -0.4 is 5.73 Å². The van der Waals surface area contributed by atoms with E-state index in [4.69, 9.17) is 5.73 Å². The molecule has 0 spiro atoms. The molecule has 0 saturated carbocycles. The van der Waals surface area contributed by atoms with E-state index in [9.17, 15) is 8.78 Å². The van der Waals surface area contributed by atoms with Crippen LogP contribution in [0.2, 0.25) is 0 Å². The lowest BCUT2D eigenvalue weighted by atomic mass is 10.2. The van der Waals surface area contributed by atoms with Crippen molar-refractivity contribution < 1.29 is 8.78 Å². The fourth-order valence-corrected chi connectivity index (χ4v) is 1.48. The molecule has 0 aliphatic heterocycles. The highest BCUT2D eigenvalue weighted by atomic mass is 19.2. The molecule has 4 nitrogen and oxygen atoms in total. The Hall–Kier alpha value is -1.82. The average Bonchev–Trinajstić information content (AvgIpc) is 2.78. The summed E-state index contributed by atoms with van der Waals surface area (Å²) in [6, 6.07) is 3.93. The molecular formula is C11H12F2N4. The molecule has 0 aliphatic rings. The summed E-state index contributed by atoms with van der Waals surface area (Å²) in [6.07, 6.45) is 3.03. The van der Waals surface area contributed by atoms with E-state index in [0.717, 1.165) is 12.5 Å². The summed E-state index contributed by atoms with van der Waals surface area (Å²) in [4.78, 5) is 0. The maximum Gasteiger partial charge on any atom is 0.184 e. The summed E-state index contributed by atoms with van der Waals surface area (Å²) in [5, 5.41) is 7.63. The van der Waals surface area contributed by atoms with Crippen LogP contribution in [-0.4, -0.2) is 21.5 Å². The van der Waals surface area contributed by atoms with Crippen LogP contribution in [0.1, 0.15) is 12.1 Å². The molecule has 1 heterocycles. The Morgan fingerprint density at radius 2 is 2.12 bits per heavy atom. The maximum atomic E-state index is 13.5. The van der Waals surface area contributed by atoms with Crippen LogP contribution in [0.4, 0.5) is 8.78 Å². The summed E-state index contributed by atoms with van der Waals surface area (Å²) >= 11 is 0. The van der Waals surface area contributed by atoms with Gasteiger partial charge in [-0.15, -0.1) is 5.10 Å². The van der Waals surface area contributed by atoms with Gasteiger partial charge in [-0.1, -0.05) is 11.3 Å². The van der Waals surface area contributed by atoms with Gasteiger partial charge >= 0.3 is 0 Å². The van der Waals surface area contributed by atoms with Gasteiger partial charge in [-0.2, -0.15) is 0 Å². The quantitative estimate of drug-likeness (QED) is 0.876. The van der Waals surface area contributed by atoms with Gasteiger partial charge in [0.2, 0.25) is 0 Å². The Morgan fingerprint density at radius 1 is 1.29 bits per heavy atom. The standard InChI is InChI=1S/C11H12F2N4/c12-9-4-1-5-10(11(9)13)17-7-8(15-16-17)3-2-6-14/h1,4-5,7H,2-3,6,14H2. The lowest BCUT2D eigenvalue weighted by molar-refractivity contribution is 0.500. The van der Waals surface area contributed by atoms with Crippen LogP contribution in [0.5, 0.6) is 0 Å². The monoisotopic (exact) mass is 238 g/mol. The van der Waals surface area contributed by atoms with Crippen molar-refractivity contribution in [3.8, 4) is 5.69 Å². The number of halogens is 2. The number of aryl methyl sites for hydroxylation is 1. The second-order valence-corrected chi connectivity index (χ2v) is 3.62. The third-order valence-corrected chi connectivity index (χ3v) is 2.36. The van der Waals surface area contributed by atoms with E-state index in [1.165, 1.54) is 16.8 Å². The highest BCUT2D eigenvalue weighted by molar-refractivity contribution is 5.33. The molecule has 90 valence electrons. The van der Waals surface area contributed by atoms with Crippen molar-refractivity contribution in [1.82, 2.24) is 15.0 Å². The second kappa shape index (κ2) is 5.01. The predicted molar refractivity (Wildman–Crippen MR) is 58.7 cm³/mol. The number of nitrogens with zero attached hydrogens (tertiary/aromatic N) is 3. The highest BCUT2D eigenvalue weighted by Gasteiger charge is 2.11. The largest absolute Gasteiger partial charge is 0.330 e. The maximum absolute atomic E-state index is 13.5. The number of benzene rings is 1. The summed E-state index contributed by atoms with van der Waals surface area (Å²) in [5.41, 5.74) is 6.13. The molecule has 0 fully saturated rings. The topological polar surface area (TPSA) is 56.7 Å². The van der Waals surface area contributed by atoms with E-state index >= 15 is 0 Å². The molecular weight excluding hydrogens is 226 g/mol. The molecule has 1 aromatic heterocycles. The number of aromatic nitrogens is 3. The van der Waals surface area contributed by atoms with Crippen molar-refractivity contribution in [3.63, 3.8) is 0 Å². The molecule has 0 radical (unpaired) electrons. The Balaban J connectivity index is 2.27. The number of hydrogen-bond donors (Lipinski definition) is 1. The molecule has 0 unspecified atom stereocenters. The lowest BCUT2D eigenvalue weighted by Gasteiger charge is -2.01. The van der Waals surface area contributed by atoms with Gasteiger partial charge in [-0.3, -0.25) is 0 Å². The molecule has 0 amide bonds. The van der Waals surface area contributed by atoms with Gasteiger partial charge in [0.15, 0.2) is 11.6 Å². The zero-order valence-electron chi connectivity index (χ0n) is 9.11. The SMILES string of the molecule is NCCCc1cn(-c2cccc(F)c2F)nn1. The molecule has 2 rings (SSSR count). The smallest absolute Gasteiger partial charge is 0.184 e. The molecule has 0 aliphatic carbocycles. The first-order chi connectivity index (χ1) is 8.22. The summed E-state index contributed by atoms with van der Waals surface area (Å²) in [6.45, 7) is 0.557. The van der Waals surface area contributed by atoms with E-state index in [1.54, 1.807) is 6.20 Å². The zero-order chi connectivity index (χ0) is 12.3. The van der Waals surface area contributed by atoms with Crippen LogP contribution in [-0.2, 0) is 6.42 Å². The van der Waals surface area contributed by atoms with Crippen molar-refractivity contribution >= 4 is 0 Å². The average molecular weight is 238 g/mol. The molecule has 0 atom stereocenters. The molecule has 6 heteroatoms. The molecule has 2 aromatic rings. The molecule has 0 bridgehead atoms. The third-order valence-electron chi connectivity index (χ3n) is 2.36. The predicted octanol–water partition coefficient (Wildman–Crippen LogP) is 1.44. The van der Waals surface area contributed by atoms with E-state index in [-0.39, 0.29) is 5.69 Å². The van der Waals surface area contributed by atoms with Crippen LogP contribution >= 0.6 is 0 Å². The second-order valence-electron chi connectivity index (χ2n) is 3.62. The van der Waals surface area contributed by atoms with E-state index in [2.05, 4.69) is 10.3 Å². The summed E-state index contributed by atoms with van der Waals surface area (Å²) < 4.78 is 27.7. The van der Waals surface area contributed by atoms with Gasteiger partial charge in [0.05, 0.1) is 11.9 Å². The van der Waals surface area contributed by atoms with Crippen molar-refractivity contribution in [2.75, 3.05) is 6.54 Å². The van der Waals surface area contributed by atoms with Gasteiger partial charge in [0.1, 0.15) is 5.69 Å². The highest BCUT2D eigenvalue weighted by Crippen LogP contribution is 2.15. The van der Waals surface area contributed by atoms with Gasteiger partial charge in [0, 0.05) is 0 Å². The van der Waals surface area contributed by atoms with Crippen molar-refractivity contribution in [2.24, 2.45) is 5.73 Å². The van der Waals surface area contributed by atoms with E-state index < -0.39 is 11.6 Å². The molecule has 17 heavy (non-hydrogen) atoms. The van der Waals surface area contributed by atoms with Gasteiger partial charge in [-0.05, 0) is 31.5 Å². The fraction of sp³-hybridized carbons (Fsp3) is 0.273. The van der Waals surface area contributed by atoms with Gasteiger partial charge < -0.3 is 5.73 Å². The normalized spacial score (nSPS) is 10.8. The first-order valence-electron chi connectivity index (χ1n) is 5.28. The van der Waals surface area contributed by atoms with Crippen molar-refractivity contribution in [2.45, 2.75) is 12.8 Å². The lowest BCUT2D eigenvalue weighted by Crippen LogP contribution is -2.01. The zero-order valence-corrected chi connectivity index (χ0v) is 9.11. The number of rotatable bonds is 4. The summed E-state index contributed by atoms with van der Waals surface area (Å²) in [7, 11) is 0. The Bertz CT molecular complexity index is 510. The van der Waals surface area contributed by atoms with Gasteiger partial charge in [0.25, 0.3) is 0 Å². The number of hydrogen-bond acceptors (Lipinski definition) is 3. The van der Waals surface area contributed by atoms with Gasteiger partial charge in [-0.25, -0.2) is 13.5 Å². The van der Waals surface area contributed by atoms with Crippen molar-refractivity contribution in [1.29, 1.82) is 0 Å². The fourth-order valence-electron chi connectivity index (χ4n) is 1.48. The number of nitrogens with two attached hydrogens (primary N) is 1. The molecule has 2 N–H and O–H groups in total. The molecule has 0 saturated heterocycles. The third kappa shape index (κ3) is 2.47. The minimum absolute atomic E-state index is 0.0523. The van der Waals surface area contributed by atoms with Crippen molar-refractivity contribution in [3.05, 3.63) is 41.7 Å².